The van der Waals surface area contributed by atoms with Gasteiger partial charge in [0.2, 0.25) is 0 Å². The van der Waals surface area contributed by atoms with Gasteiger partial charge in [0.15, 0.2) is 0 Å². The number of nitrogens with zero attached hydrogens (tertiary/aromatic N) is 1. The molecule has 1 aromatic carbocycles. The van der Waals surface area contributed by atoms with Gasteiger partial charge < -0.3 is 9.29 Å². The van der Waals surface area contributed by atoms with Crippen molar-refractivity contribution >= 4 is 18.0 Å². The summed E-state index contributed by atoms with van der Waals surface area (Å²) in [7, 11) is 0. The van der Waals surface area contributed by atoms with Crippen molar-refractivity contribution in [3.05, 3.63) is 35.4 Å². The van der Waals surface area contributed by atoms with E-state index in [4.69, 9.17) is 10.4 Å². The first-order valence-corrected chi connectivity index (χ1v) is 4.65. The summed E-state index contributed by atoms with van der Waals surface area (Å²) >= 11 is 0.913. The summed E-state index contributed by atoms with van der Waals surface area (Å²) in [4.78, 5) is 10.7. The molecule has 0 aliphatic heterocycles. The number of nitriles is 1. The van der Waals surface area contributed by atoms with Gasteiger partial charge in [-0.1, -0.05) is 18.2 Å². The minimum Gasteiger partial charge on any atom is -0.478 e. The molecule has 14 heavy (non-hydrogen) atoms. The van der Waals surface area contributed by atoms with E-state index in [9.17, 15) is 4.79 Å². The van der Waals surface area contributed by atoms with Crippen molar-refractivity contribution in [2.45, 2.75) is 5.75 Å². The van der Waals surface area contributed by atoms with Crippen LogP contribution in [0.4, 0.5) is 0 Å². The van der Waals surface area contributed by atoms with Crippen LogP contribution in [0.2, 0.25) is 0 Å². The molecule has 0 radical (unpaired) electrons. The second kappa shape index (κ2) is 5.14. The summed E-state index contributed by atoms with van der Waals surface area (Å²) in [5.41, 5.74) is 0.877. The van der Waals surface area contributed by atoms with Gasteiger partial charge in [-0.05, 0) is 11.6 Å². The molecule has 0 unspecified atom stereocenters. The SMILES string of the molecule is N#COSCc1ccccc1C(=O)O. The van der Waals surface area contributed by atoms with E-state index >= 15 is 0 Å². The van der Waals surface area contributed by atoms with E-state index in [0.29, 0.717) is 11.3 Å². The molecule has 0 heterocycles. The number of carboxylic acids is 1. The summed E-state index contributed by atoms with van der Waals surface area (Å²) in [6.45, 7) is 0. The molecule has 4 nitrogen and oxygen atoms in total. The highest BCUT2D eigenvalue weighted by atomic mass is 32.2. The van der Waals surface area contributed by atoms with Gasteiger partial charge in [0.05, 0.1) is 23.4 Å². The van der Waals surface area contributed by atoms with Crippen molar-refractivity contribution in [3.63, 3.8) is 0 Å². The molecular weight excluding hydrogens is 202 g/mol. The molecule has 0 bridgehead atoms. The third kappa shape index (κ3) is 2.68. The van der Waals surface area contributed by atoms with Crippen molar-refractivity contribution in [2.24, 2.45) is 0 Å². The van der Waals surface area contributed by atoms with Crippen LogP contribution in [0.25, 0.3) is 0 Å². The molecule has 72 valence electrons. The molecule has 5 heteroatoms. The van der Waals surface area contributed by atoms with Crippen LogP contribution in [0, 0.1) is 11.5 Å². The van der Waals surface area contributed by atoms with E-state index in [1.165, 1.54) is 12.3 Å². The zero-order valence-corrected chi connectivity index (χ0v) is 7.95. The molecule has 0 spiro atoms. The molecule has 0 aliphatic rings. The molecule has 0 aliphatic carbocycles. The highest BCUT2D eigenvalue weighted by molar-refractivity contribution is 7.94. The molecular formula is C9H7NO3S. The van der Waals surface area contributed by atoms with E-state index in [2.05, 4.69) is 4.18 Å². The van der Waals surface area contributed by atoms with Crippen LogP contribution in [-0.4, -0.2) is 11.1 Å². The summed E-state index contributed by atoms with van der Waals surface area (Å²) in [6.07, 6.45) is 1.50. The van der Waals surface area contributed by atoms with E-state index in [1.54, 1.807) is 18.2 Å². The maximum Gasteiger partial charge on any atom is 0.335 e. The average molecular weight is 209 g/mol. The van der Waals surface area contributed by atoms with Gasteiger partial charge >= 0.3 is 5.97 Å². The summed E-state index contributed by atoms with van der Waals surface area (Å²) in [6, 6.07) is 6.61. The van der Waals surface area contributed by atoms with Gasteiger partial charge in [-0.2, -0.15) is 0 Å². The number of benzene rings is 1. The van der Waals surface area contributed by atoms with Crippen LogP contribution < -0.4 is 0 Å². The number of carboxylic acid groups (broad SMARTS) is 1. The second-order valence-electron chi connectivity index (χ2n) is 2.40. The Bertz CT molecular complexity index is 373. The molecule has 0 atom stereocenters. The number of aromatic carboxylic acids is 1. The number of carbonyl (C=O) groups is 1. The molecule has 0 amide bonds. The van der Waals surface area contributed by atoms with Crippen molar-refractivity contribution in [2.75, 3.05) is 0 Å². The quantitative estimate of drug-likeness (QED) is 0.466. The van der Waals surface area contributed by atoms with Gasteiger partial charge in [0, 0.05) is 0 Å². The number of hydrogen-bond acceptors (Lipinski definition) is 4. The van der Waals surface area contributed by atoms with E-state index in [0.717, 1.165) is 12.0 Å². The van der Waals surface area contributed by atoms with Crippen molar-refractivity contribution < 1.29 is 14.1 Å². The lowest BCUT2D eigenvalue weighted by Crippen LogP contribution is -2.00. The van der Waals surface area contributed by atoms with Gasteiger partial charge in [-0.25, -0.2) is 4.79 Å². The van der Waals surface area contributed by atoms with Crippen LogP contribution in [0.1, 0.15) is 15.9 Å². The lowest BCUT2D eigenvalue weighted by atomic mass is 10.1. The van der Waals surface area contributed by atoms with Crippen molar-refractivity contribution in [1.82, 2.24) is 0 Å². The van der Waals surface area contributed by atoms with Crippen molar-refractivity contribution in [1.29, 1.82) is 5.26 Å². The summed E-state index contributed by atoms with van der Waals surface area (Å²) < 4.78 is 4.40. The Balaban J connectivity index is 2.75. The maximum atomic E-state index is 10.7. The van der Waals surface area contributed by atoms with Gasteiger partial charge in [-0.3, -0.25) is 0 Å². The Kier molecular flexibility index (Phi) is 3.83. The van der Waals surface area contributed by atoms with Gasteiger partial charge in [-0.15, -0.1) is 5.26 Å². The van der Waals surface area contributed by atoms with E-state index < -0.39 is 5.97 Å². The largest absolute Gasteiger partial charge is 0.478 e. The van der Waals surface area contributed by atoms with Crippen LogP contribution >= 0.6 is 12.0 Å². The fourth-order valence-electron chi connectivity index (χ4n) is 0.974. The maximum absolute atomic E-state index is 10.7. The molecule has 0 saturated carbocycles. The predicted molar refractivity (Wildman–Crippen MR) is 51.4 cm³/mol. The Morgan fingerprint density at radius 1 is 1.57 bits per heavy atom. The minimum atomic E-state index is -0.974. The van der Waals surface area contributed by atoms with Crippen LogP contribution in [0.3, 0.4) is 0 Å². The zero-order chi connectivity index (χ0) is 10.4. The first-order valence-electron chi connectivity index (χ1n) is 3.74. The summed E-state index contributed by atoms with van der Waals surface area (Å²) in [5.74, 6) is -0.631. The van der Waals surface area contributed by atoms with Gasteiger partial charge in [0.25, 0.3) is 6.26 Å². The predicted octanol–water partition coefficient (Wildman–Crippen LogP) is 2.03. The van der Waals surface area contributed by atoms with Crippen molar-refractivity contribution in [3.8, 4) is 6.26 Å². The van der Waals surface area contributed by atoms with Crippen LogP contribution in [-0.2, 0) is 9.94 Å². The molecule has 0 fully saturated rings. The number of hydrogen-bond donors (Lipinski definition) is 1. The third-order valence-electron chi connectivity index (χ3n) is 1.56. The Labute approximate surface area is 85.3 Å². The van der Waals surface area contributed by atoms with E-state index in [1.807, 2.05) is 0 Å². The Morgan fingerprint density at radius 3 is 2.93 bits per heavy atom. The lowest BCUT2D eigenvalue weighted by Gasteiger charge is -2.02. The van der Waals surface area contributed by atoms with Crippen LogP contribution in [0.5, 0.6) is 0 Å². The third-order valence-corrected chi connectivity index (χ3v) is 2.18. The molecule has 1 rings (SSSR count). The fraction of sp³-hybridized carbons (Fsp3) is 0.111. The molecule has 1 N–H and O–H groups in total. The number of rotatable bonds is 4. The van der Waals surface area contributed by atoms with E-state index in [-0.39, 0.29) is 5.56 Å². The molecule has 1 aromatic rings. The summed E-state index contributed by atoms with van der Waals surface area (Å²) in [5, 5.41) is 16.9. The van der Waals surface area contributed by atoms with Gasteiger partial charge in [0.1, 0.15) is 0 Å². The molecule has 0 aromatic heterocycles. The average Bonchev–Trinajstić information content (AvgIpc) is 2.19. The first kappa shape index (κ1) is 10.4. The molecule has 0 saturated heterocycles. The first-order chi connectivity index (χ1) is 6.75. The Hall–Kier alpha value is -1.67. The minimum absolute atomic E-state index is 0.238. The lowest BCUT2D eigenvalue weighted by molar-refractivity contribution is 0.0696. The highest BCUT2D eigenvalue weighted by Crippen LogP contribution is 2.16. The monoisotopic (exact) mass is 209 g/mol. The zero-order valence-electron chi connectivity index (χ0n) is 7.14. The standard InChI is InChI=1S/C9H7NO3S/c10-6-13-14-5-7-3-1-2-4-8(7)9(11)12/h1-4H,5H2,(H,11,12). The highest BCUT2D eigenvalue weighted by Gasteiger charge is 2.08. The second-order valence-corrected chi connectivity index (χ2v) is 3.09. The normalized spacial score (nSPS) is 9.07. The Morgan fingerprint density at radius 2 is 2.29 bits per heavy atom. The topological polar surface area (TPSA) is 70.3 Å². The fourth-order valence-corrected chi connectivity index (χ4v) is 1.46. The smallest absolute Gasteiger partial charge is 0.335 e. The van der Waals surface area contributed by atoms with Crippen LogP contribution in [0.15, 0.2) is 24.3 Å².